The minimum atomic E-state index is -3.67. The van der Waals surface area contributed by atoms with Crippen LogP contribution in [0.5, 0.6) is 0 Å². The van der Waals surface area contributed by atoms with Crippen molar-refractivity contribution < 1.29 is 22.1 Å². The smallest absolute Gasteiger partial charge is 0.762 e. The normalized spacial score (nSPS) is 10.3. The molecule has 64 heavy (non-hydrogen) atoms. The van der Waals surface area contributed by atoms with Crippen molar-refractivity contribution in [1.29, 1.82) is 0 Å². The standard InChI is InChI=1S/C29H29P.C27H25O.BF3.FH.H3P/c1-18-12-22(5)26(14-20(18)3)28-16-25(24-10-8-7-9-11-24)17-29(30-28)27-15-21(4)19(2)13-23(27)6;1-18-10-8-9-13-24(18)26-16-23(22-11-6-5-7-12-22)17-27(28-26)25-15-20(3)19(2)14-21(25)4;2-1(3)4;;/h7-17H,1-6H3;5-17H,1-4H3;;1H;1H3/q;+1;;;/p-1. The fourth-order valence-corrected chi connectivity index (χ4v) is 9.11. The summed E-state index contributed by atoms with van der Waals surface area (Å²) in [6.45, 7) is 21.9. The van der Waals surface area contributed by atoms with Gasteiger partial charge in [-0.2, -0.15) is 9.90 Å². The molecule has 2 heterocycles. The van der Waals surface area contributed by atoms with Gasteiger partial charge in [0.25, 0.3) is 0 Å². The van der Waals surface area contributed by atoms with Gasteiger partial charge >= 0.3 is 19.1 Å². The lowest BCUT2D eigenvalue weighted by atomic mass is 9.96. The molecule has 328 valence electrons. The Hall–Kier alpha value is -5.67. The molecule has 0 radical (unpaired) electrons. The highest BCUT2D eigenvalue weighted by Gasteiger charge is 2.23. The number of hydrogen-bond donors (Lipinski definition) is 0. The van der Waals surface area contributed by atoms with E-state index in [1.807, 2.05) is 6.07 Å². The lowest BCUT2D eigenvalue weighted by Crippen LogP contribution is -3.00. The SMILES string of the molecule is Cc1cc(C)c(-c2cc(-c3ccccc3)cc(-c3cc(C)c(C)cc3C)p2)cc1C.Cc1cc(C)c(-c2cc(-c3ccccc3)cc(-c3ccccc3C)[o+]2)cc1C.FB(F)F.P.[F-]. The van der Waals surface area contributed by atoms with E-state index in [0.717, 1.165) is 28.2 Å². The monoisotopic (exact) mass is 894 g/mol. The van der Waals surface area contributed by atoms with Crippen molar-refractivity contribution >= 4 is 25.6 Å². The van der Waals surface area contributed by atoms with E-state index < -0.39 is 7.54 Å². The lowest BCUT2D eigenvalue weighted by Gasteiger charge is -2.16. The van der Waals surface area contributed by atoms with Gasteiger partial charge in [-0.15, -0.1) is 0 Å². The summed E-state index contributed by atoms with van der Waals surface area (Å²) < 4.78 is 35.5. The Balaban J connectivity index is 0.000000252. The lowest BCUT2D eigenvalue weighted by molar-refractivity contribution is -0.0000161. The van der Waals surface area contributed by atoms with E-state index in [2.05, 4.69) is 209 Å². The third kappa shape index (κ3) is 12.5. The molecule has 1 nitrogen and oxygen atoms in total. The molecule has 0 aliphatic heterocycles. The van der Waals surface area contributed by atoms with E-state index >= 15 is 0 Å². The van der Waals surface area contributed by atoms with Gasteiger partial charge in [0.1, 0.15) is 0 Å². The number of aryl methyl sites for hydroxylation is 10. The van der Waals surface area contributed by atoms with Crippen molar-refractivity contribution in [3.63, 3.8) is 0 Å². The van der Waals surface area contributed by atoms with Gasteiger partial charge in [0.15, 0.2) is 0 Å². The number of benzene rings is 6. The quantitative estimate of drug-likeness (QED) is 0.0701. The van der Waals surface area contributed by atoms with Gasteiger partial charge in [-0.05, 0) is 177 Å². The molecule has 2 aromatic heterocycles. The Morgan fingerprint density at radius 3 is 1.09 bits per heavy atom. The minimum Gasteiger partial charge on any atom is -1.00 e. The van der Waals surface area contributed by atoms with Crippen molar-refractivity contribution in [2.24, 2.45) is 0 Å². The van der Waals surface area contributed by atoms with Crippen molar-refractivity contribution in [3.8, 4) is 66.6 Å². The van der Waals surface area contributed by atoms with Gasteiger partial charge in [-0.25, -0.2) is 4.42 Å². The summed E-state index contributed by atoms with van der Waals surface area (Å²) in [4.78, 5) is 0. The molecule has 1 atom stereocenters. The molecule has 0 spiro atoms. The predicted molar refractivity (Wildman–Crippen MR) is 272 cm³/mol. The molecule has 0 fully saturated rings. The molecule has 8 aromatic rings. The van der Waals surface area contributed by atoms with Crippen LogP contribution in [0.1, 0.15) is 55.6 Å². The van der Waals surface area contributed by atoms with E-state index in [9.17, 15) is 12.9 Å². The Bertz CT molecular complexity index is 2770. The summed E-state index contributed by atoms with van der Waals surface area (Å²) in [5, 5.41) is 2.76. The summed E-state index contributed by atoms with van der Waals surface area (Å²) in [5.74, 6) is 1.80. The maximum Gasteiger partial charge on any atom is 0.762 e. The van der Waals surface area contributed by atoms with Crippen LogP contribution >= 0.6 is 18.1 Å². The Kier molecular flexibility index (Phi) is 18.2. The summed E-state index contributed by atoms with van der Waals surface area (Å²) in [6, 6.07) is 52.5. The molecule has 8 rings (SSSR count). The largest absolute Gasteiger partial charge is 1.00 e. The molecule has 0 aliphatic rings. The van der Waals surface area contributed by atoms with E-state index in [1.54, 1.807) is 0 Å². The fraction of sp³-hybridized carbons (Fsp3) is 0.179. The van der Waals surface area contributed by atoms with Crippen LogP contribution in [0.2, 0.25) is 0 Å². The first-order valence-corrected chi connectivity index (χ1v) is 21.8. The Labute approximate surface area is 383 Å². The minimum absolute atomic E-state index is 0. The average Bonchev–Trinajstić information content (AvgIpc) is 3.25. The molecule has 8 heteroatoms. The highest BCUT2D eigenvalue weighted by Crippen LogP contribution is 2.44. The van der Waals surface area contributed by atoms with Gasteiger partial charge in [-0.3, -0.25) is 12.9 Å². The van der Waals surface area contributed by atoms with Gasteiger partial charge in [-0.1, -0.05) is 117 Å². The van der Waals surface area contributed by atoms with Crippen LogP contribution in [-0.4, -0.2) is 7.54 Å². The molecule has 0 aliphatic carbocycles. The van der Waals surface area contributed by atoms with Crippen LogP contribution in [-0.2, 0) is 0 Å². The van der Waals surface area contributed by atoms with Crippen molar-refractivity contribution in [2.45, 2.75) is 69.2 Å². The molecule has 6 aromatic carbocycles. The van der Waals surface area contributed by atoms with Crippen molar-refractivity contribution in [2.75, 3.05) is 0 Å². The molecule has 0 saturated carbocycles. The summed E-state index contributed by atoms with van der Waals surface area (Å²) in [7, 11) is -2.39. The zero-order valence-electron chi connectivity index (χ0n) is 38.5. The van der Waals surface area contributed by atoms with E-state index in [-0.39, 0.29) is 14.6 Å². The maximum absolute atomic E-state index is 9.67. The molecule has 1 unspecified atom stereocenters. The fourth-order valence-electron chi connectivity index (χ4n) is 7.72. The van der Waals surface area contributed by atoms with Gasteiger partial charge in [0.05, 0.1) is 23.3 Å². The van der Waals surface area contributed by atoms with Crippen LogP contribution in [0.3, 0.4) is 0 Å². The van der Waals surface area contributed by atoms with Crippen molar-refractivity contribution in [3.05, 3.63) is 201 Å². The van der Waals surface area contributed by atoms with Crippen LogP contribution < -0.4 is 4.70 Å². The summed E-state index contributed by atoms with van der Waals surface area (Å²) >= 11 is 0. The zero-order valence-corrected chi connectivity index (χ0v) is 40.8. The number of halogens is 4. The summed E-state index contributed by atoms with van der Waals surface area (Å²) in [5.41, 5.74) is 23.1. The first-order valence-electron chi connectivity index (χ1n) is 20.9. The molecule has 0 amide bonds. The highest BCUT2D eigenvalue weighted by atomic mass is 31.0. The molecular weight excluding hydrogens is 837 g/mol. The van der Waals surface area contributed by atoms with Gasteiger partial charge in [0.2, 0.25) is 0 Å². The molecular formula is C56H57BF4OP2. The molecule has 0 bridgehead atoms. The number of rotatable bonds is 6. The second-order valence-electron chi connectivity index (χ2n) is 16.2. The van der Waals surface area contributed by atoms with E-state index in [1.165, 1.54) is 102 Å². The van der Waals surface area contributed by atoms with Gasteiger partial charge < -0.3 is 4.70 Å². The average molecular weight is 895 g/mol. The first-order chi connectivity index (χ1) is 29.6. The third-order valence-corrected chi connectivity index (χ3v) is 12.8. The van der Waals surface area contributed by atoms with Crippen LogP contribution in [0.25, 0.3) is 66.6 Å². The topological polar surface area (TPSA) is 11.3 Å². The molecule has 0 N–H and O–H groups in total. The van der Waals surface area contributed by atoms with Crippen LogP contribution in [0.15, 0.2) is 150 Å². The predicted octanol–water partition coefficient (Wildman–Crippen LogP) is 14.9. The maximum atomic E-state index is 9.67. The Morgan fingerprint density at radius 2 is 0.672 bits per heavy atom. The Morgan fingerprint density at radius 1 is 0.344 bits per heavy atom. The van der Waals surface area contributed by atoms with Crippen LogP contribution in [0, 0.1) is 69.2 Å². The third-order valence-electron chi connectivity index (χ3n) is 11.6. The van der Waals surface area contributed by atoms with E-state index in [0.29, 0.717) is 0 Å². The van der Waals surface area contributed by atoms with Crippen LogP contribution in [0.4, 0.5) is 12.9 Å². The number of hydrogen-bond acceptors (Lipinski definition) is 0. The first kappa shape index (κ1) is 51.0. The second kappa shape index (κ2) is 22.8. The second-order valence-corrected chi connectivity index (χ2v) is 17.4. The van der Waals surface area contributed by atoms with Gasteiger partial charge in [0, 0.05) is 16.2 Å². The van der Waals surface area contributed by atoms with E-state index in [4.69, 9.17) is 4.42 Å². The highest BCUT2D eigenvalue weighted by molar-refractivity contribution is 7.37. The summed E-state index contributed by atoms with van der Waals surface area (Å²) in [6.07, 6.45) is 0. The molecule has 0 saturated heterocycles. The zero-order chi connectivity index (χ0) is 44.7. The van der Waals surface area contributed by atoms with Crippen molar-refractivity contribution in [1.82, 2.24) is 0 Å².